The van der Waals surface area contributed by atoms with E-state index in [-0.39, 0.29) is 5.41 Å². The summed E-state index contributed by atoms with van der Waals surface area (Å²) in [5.41, 5.74) is -0.148. The van der Waals surface area contributed by atoms with Gasteiger partial charge < -0.3 is 10.6 Å². The molecule has 3 heteroatoms. The first-order valence-electron chi connectivity index (χ1n) is 8.70. The van der Waals surface area contributed by atoms with Crippen LogP contribution in [0.2, 0.25) is 0 Å². The van der Waals surface area contributed by atoms with Gasteiger partial charge in [0.25, 0.3) is 0 Å². The van der Waals surface area contributed by atoms with Gasteiger partial charge in [-0.05, 0) is 38.6 Å². The van der Waals surface area contributed by atoms with Gasteiger partial charge in [-0.2, -0.15) is 0 Å². The SMILES string of the molecule is CCCCC(CCC)NC(=O)C1(CCC)CCCNC1. The Labute approximate surface area is 125 Å². The average molecular weight is 282 g/mol. The number of carbonyl (C=O) groups excluding carboxylic acids is 1. The Morgan fingerprint density at radius 2 is 2.00 bits per heavy atom. The van der Waals surface area contributed by atoms with Crippen molar-refractivity contribution in [2.24, 2.45) is 5.41 Å². The first kappa shape index (κ1) is 17.5. The predicted octanol–water partition coefficient (Wildman–Crippen LogP) is 3.63. The number of rotatable bonds is 9. The van der Waals surface area contributed by atoms with E-state index in [0.717, 1.165) is 58.0 Å². The van der Waals surface area contributed by atoms with Gasteiger partial charge in [0.15, 0.2) is 0 Å². The molecule has 1 heterocycles. The molecule has 0 radical (unpaired) electrons. The lowest BCUT2D eigenvalue weighted by Crippen LogP contribution is -2.52. The fourth-order valence-corrected chi connectivity index (χ4v) is 3.39. The highest BCUT2D eigenvalue weighted by molar-refractivity contribution is 5.83. The molecule has 1 aliphatic heterocycles. The number of carbonyl (C=O) groups is 1. The minimum atomic E-state index is -0.148. The van der Waals surface area contributed by atoms with E-state index in [1.165, 1.54) is 12.8 Å². The van der Waals surface area contributed by atoms with Gasteiger partial charge in [-0.3, -0.25) is 4.79 Å². The highest BCUT2D eigenvalue weighted by atomic mass is 16.2. The van der Waals surface area contributed by atoms with Gasteiger partial charge in [0.05, 0.1) is 5.41 Å². The maximum absolute atomic E-state index is 12.8. The molecule has 1 saturated heterocycles. The lowest BCUT2D eigenvalue weighted by molar-refractivity contribution is -0.133. The predicted molar refractivity (Wildman–Crippen MR) is 85.8 cm³/mol. The Morgan fingerprint density at radius 3 is 2.55 bits per heavy atom. The van der Waals surface area contributed by atoms with Crippen molar-refractivity contribution in [2.45, 2.75) is 84.6 Å². The molecule has 1 fully saturated rings. The van der Waals surface area contributed by atoms with E-state index in [2.05, 4.69) is 31.4 Å². The first-order chi connectivity index (χ1) is 9.68. The van der Waals surface area contributed by atoms with Crippen molar-refractivity contribution in [3.8, 4) is 0 Å². The van der Waals surface area contributed by atoms with Gasteiger partial charge in [0.1, 0.15) is 0 Å². The van der Waals surface area contributed by atoms with E-state index in [4.69, 9.17) is 0 Å². The third-order valence-corrected chi connectivity index (χ3v) is 4.56. The number of hydrogen-bond donors (Lipinski definition) is 2. The van der Waals surface area contributed by atoms with Crippen LogP contribution in [0.1, 0.15) is 78.6 Å². The Bertz CT molecular complexity index is 267. The summed E-state index contributed by atoms with van der Waals surface area (Å²) in [6.07, 6.45) is 10.1. The smallest absolute Gasteiger partial charge is 0.227 e. The molecule has 1 rings (SSSR count). The number of hydrogen-bond acceptors (Lipinski definition) is 2. The molecule has 0 aromatic rings. The topological polar surface area (TPSA) is 41.1 Å². The second-order valence-electron chi connectivity index (χ2n) is 6.41. The summed E-state index contributed by atoms with van der Waals surface area (Å²) in [6, 6.07) is 0.378. The van der Waals surface area contributed by atoms with Crippen LogP contribution in [0.5, 0.6) is 0 Å². The molecule has 118 valence electrons. The van der Waals surface area contributed by atoms with Crippen LogP contribution >= 0.6 is 0 Å². The van der Waals surface area contributed by atoms with Crippen molar-refractivity contribution in [2.75, 3.05) is 13.1 Å². The molecule has 0 aromatic heterocycles. The molecule has 1 amide bonds. The molecule has 2 N–H and O–H groups in total. The van der Waals surface area contributed by atoms with Gasteiger partial charge in [0.2, 0.25) is 5.91 Å². The minimum absolute atomic E-state index is 0.148. The van der Waals surface area contributed by atoms with E-state index in [9.17, 15) is 4.79 Å². The third-order valence-electron chi connectivity index (χ3n) is 4.56. The van der Waals surface area contributed by atoms with E-state index in [1.54, 1.807) is 0 Å². The summed E-state index contributed by atoms with van der Waals surface area (Å²) in [5, 5.41) is 6.80. The summed E-state index contributed by atoms with van der Waals surface area (Å²) in [5.74, 6) is 0.307. The highest BCUT2D eigenvalue weighted by Crippen LogP contribution is 2.32. The number of piperidine rings is 1. The Morgan fingerprint density at radius 1 is 1.20 bits per heavy atom. The molecule has 0 aromatic carbocycles. The zero-order valence-corrected chi connectivity index (χ0v) is 13.8. The number of unbranched alkanes of at least 4 members (excludes halogenated alkanes) is 1. The Hall–Kier alpha value is -0.570. The van der Waals surface area contributed by atoms with Crippen molar-refractivity contribution < 1.29 is 4.79 Å². The van der Waals surface area contributed by atoms with Crippen LogP contribution in [0.3, 0.4) is 0 Å². The average Bonchev–Trinajstić information content (AvgIpc) is 2.46. The van der Waals surface area contributed by atoms with Crippen LogP contribution < -0.4 is 10.6 Å². The Kier molecular flexibility index (Phi) is 8.20. The van der Waals surface area contributed by atoms with Gasteiger partial charge in [0, 0.05) is 12.6 Å². The van der Waals surface area contributed by atoms with Gasteiger partial charge in [-0.1, -0.05) is 46.5 Å². The van der Waals surface area contributed by atoms with Gasteiger partial charge >= 0.3 is 0 Å². The molecule has 3 nitrogen and oxygen atoms in total. The summed E-state index contributed by atoms with van der Waals surface area (Å²) >= 11 is 0. The van der Waals surface area contributed by atoms with E-state index in [1.807, 2.05) is 0 Å². The van der Waals surface area contributed by atoms with E-state index >= 15 is 0 Å². The molecule has 0 saturated carbocycles. The number of nitrogens with one attached hydrogen (secondary N) is 2. The third kappa shape index (κ3) is 5.08. The quantitative estimate of drug-likeness (QED) is 0.678. The minimum Gasteiger partial charge on any atom is -0.353 e. The molecule has 0 aliphatic carbocycles. The molecule has 20 heavy (non-hydrogen) atoms. The first-order valence-corrected chi connectivity index (χ1v) is 8.70. The van der Waals surface area contributed by atoms with E-state index in [0.29, 0.717) is 11.9 Å². The van der Waals surface area contributed by atoms with Crippen LogP contribution in [0.4, 0.5) is 0 Å². The summed E-state index contributed by atoms with van der Waals surface area (Å²) in [4.78, 5) is 12.8. The normalized spacial score (nSPS) is 24.4. The Balaban J connectivity index is 2.62. The zero-order valence-electron chi connectivity index (χ0n) is 13.8. The van der Waals surface area contributed by atoms with Crippen molar-refractivity contribution in [1.29, 1.82) is 0 Å². The molecule has 0 bridgehead atoms. The monoisotopic (exact) mass is 282 g/mol. The lowest BCUT2D eigenvalue weighted by atomic mass is 9.76. The molecule has 2 atom stereocenters. The second kappa shape index (κ2) is 9.38. The molecular formula is C17H34N2O. The van der Waals surface area contributed by atoms with Crippen molar-refractivity contribution in [3.63, 3.8) is 0 Å². The van der Waals surface area contributed by atoms with Crippen LogP contribution in [0.25, 0.3) is 0 Å². The number of amides is 1. The summed E-state index contributed by atoms with van der Waals surface area (Å²) in [6.45, 7) is 8.53. The second-order valence-corrected chi connectivity index (χ2v) is 6.41. The summed E-state index contributed by atoms with van der Waals surface area (Å²) in [7, 11) is 0. The fraction of sp³-hybridized carbons (Fsp3) is 0.941. The fourth-order valence-electron chi connectivity index (χ4n) is 3.39. The van der Waals surface area contributed by atoms with Crippen LogP contribution in [-0.4, -0.2) is 25.0 Å². The van der Waals surface area contributed by atoms with Crippen LogP contribution in [-0.2, 0) is 4.79 Å². The van der Waals surface area contributed by atoms with Gasteiger partial charge in [-0.15, -0.1) is 0 Å². The van der Waals surface area contributed by atoms with Crippen LogP contribution in [0, 0.1) is 5.41 Å². The van der Waals surface area contributed by atoms with Gasteiger partial charge in [-0.25, -0.2) is 0 Å². The van der Waals surface area contributed by atoms with Crippen LogP contribution in [0.15, 0.2) is 0 Å². The van der Waals surface area contributed by atoms with E-state index < -0.39 is 0 Å². The zero-order chi connectivity index (χ0) is 14.8. The van der Waals surface area contributed by atoms with Crippen molar-refractivity contribution >= 4 is 5.91 Å². The molecule has 1 aliphatic rings. The maximum Gasteiger partial charge on any atom is 0.227 e. The molecule has 0 spiro atoms. The summed E-state index contributed by atoms with van der Waals surface area (Å²) < 4.78 is 0. The maximum atomic E-state index is 12.8. The lowest BCUT2D eigenvalue weighted by Gasteiger charge is -2.37. The highest BCUT2D eigenvalue weighted by Gasteiger charge is 2.39. The standard InChI is InChI=1S/C17H34N2O/c1-4-7-10-15(9-5-2)19-16(20)17(11-6-3)12-8-13-18-14-17/h15,18H,4-14H2,1-3H3,(H,19,20). The molecular weight excluding hydrogens is 248 g/mol. The molecule has 2 unspecified atom stereocenters. The largest absolute Gasteiger partial charge is 0.353 e. The van der Waals surface area contributed by atoms with Crippen molar-refractivity contribution in [1.82, 2.24) is 10.6 Å². The van der Waals surface area contributed by atoms with Crippen molar-refractivity contribution in [3.05, 3.63) is 0 Å².